The molecule has 10 nitrogen and oxygen atoms in total. The van der Waals surface area contributed by atoms with Crippen molar-refractivity contribution in [3.05, 3.63) is 42.6 Å². The summed E-state index contributed by atoms with van der Waals surface area (Å²) in [5.41, 5.74) is 0. The summed E-state index contributed by atoms with van der Waals surface area (Å²) in [6.45, 7) is 10.3. The maximum Gasteiger partial charge on any atom is 0.320 e. The summed E-state index contributed by atoms with van der Waals surface area (Å²) >= 11 is 0. The fourth-order valence-corrected chi connectivity index (χ4v) is 4.11. The first-order valence-corrected chi connectivity index (χ1v) is 14.1. The van der Waals surface area contributed by atoms with Crippen LogP contribution < -0.4 is 14.9 Å². The highest BCUT2D eigenvalue weighted by molar-refractivity contribution is 7.45. The zero-order valence-electron chi connectivity index (χ0n) is 23.7. The first-order chi connectivity index (χ1) is 18.6. The lowest BCUT2D eigenvalue weighted by Crippen LogP contribution is -2.33. The smallest absolute Gasteiger partial charge is 0.320 e. The number of ether oxygens (including phenoxy) is 2. The minimum Gasteiger partial charge on any atom is -0.462 e. The number of amides is 2. The predicted molar refractivity (Wildman–Crippen MR) is 151 cm³/mol. The fourth-order valence-electron chi connectivity index (χ4n) is 3.03. The molecule has 0 spiro atoms. The highest BCUT2D eigenvalue weighted by Gasteiger charge is 2.36. The van der Waals surface area contributed by atoms with E-state index in [0.717, 1.165) is 5.92 Å². The SMILES string of the molecule is C#CC1CC(COP(NCC(=O)OC(C)C)Oc2ccccc2)OC1N(C)/C=C\C(=O)NC=O.CCC(C)C. The summed E-state index contributed by atoms with van der Waals surface area (Å²) in [6.07, 6.45) is 9.48. The van der Waals surface area contributed by atoms with Crippen LogP contribution >= 0.6 is 8.53 Å². The second kappa shape index (κ2) is 19.2. The number of terminal acetylenes is 1. The summed E-state index contributed by atoms with van der Waals surface area (Å²) < 4.78 is 23.0. The van der Waals surface area contributed by atoms with Crippen LogP contribution in [0.15, 0.2) is 42.6 Å². The Morgan fingerprint density at radius 2 is 1.92 bits per heavy atom. The Bertz CT molecular complexity index is 937. The number of esters is 1. The van der Waals surface area contributed by atoms with E-state index in [4.69, 9.17) is 24.9 Å². The van der Waals surface area contributed by atoms with E-state index in [0.29, 0.717) is 18.6 Å². The van der Waals surface area contributed by atoms with E-state index in [1.807, 2.05) is 23.5 Å². The van der Waals surface area contributed by atoms with Gasteiger partial charge < -0.3 is 23.4 Å². The minimum atomic E-state index is -1.67. The van der Waals surface area contributed by atoms with Gasteiger partial charge in [-0.05, 0) is 38.3 Å². The minimum absolute atomic E-state index is 0.0752. The van der Waals surface area contributed by atoms with Gasteiger partial charge in [-0.1, -0.05) is 51.3 Å². The highest BCUT2D eigenvalue weighted by Crippen LogP contribution is 2.37. The Hall–Kier alpha value is -2.96. The quantitative estimate of drug-likeness (QED) is 0.114. The van der Waals surface area contributed by atoms with E-state index in [-0.39, 0.29) is 31.3 Å². The van der Waals surface area contributed by atoms with E-state index >= 15 is 0 Å². The molecule has 216 valence electrons. The molecule has 1 heterocycles. The van der Waals surface area contributed by atoms with Crippen LogP contribution in [0, 0.1) is 24.2 Å². The number of carbonyl (C=O) groups is 3. The zero-order chi connectivity index (χ0) is 29.2. The summed E-state index contributed by atoms with van der Waals surface area (Å²) in [4.78, 5) is 35.4. The van der Waals surface area contributed by atoms with Crippen LogP contribution in [0.2, 0.25) is 0 Å². The van der Waals surface area contributed by atoms with Gasteiger partial charge >= 0.3 is 14.5 Å². The van der Waals surface area contributed by atoms with Crippen molar-refractivity contribution in [2.24, 2.45) is 11.8 Å². The number of nitrogens with one attached hydrogen (secondary N) is 2. The number of hydrogen-bond acceptors (Lipinski definition) is 9. The van der Waals surface area contributed by atoms with E-state index in [2.05, 4.69) is 31.8 Å². The first-order valence-electron chi connectivity index (χ1n) is 12.9. The van der Waals surface area contributed by atoms with Crippen molar-refractivity contribution in [1.29, 1.82) is 0 Å². The van der Waals surface area contributed by atoms with Gasteiger partial charge in [0.1, 0.15) is 18.5 Å². The summed E-state index contributed by atoms with van der Waals surface area (Å²) in [5.74, 6) is 2.97. The van der Waals surface area contributed by atoms with Crippen LogP contribution in [-0.2, 0) is 28.4 Å². The number of nitrogens with zero attached hydrogens (tertiary/aromatic N) is 1. The fraction of sp³-hybridized carbons (Fsp3) is 0.536. The predicted octanol–water partition coefficient (Wildman–Crippen LogP) is 3.99. The molecule has 0 radical (unpaired) electrons. The van der Waals surface area contributed by atoms with Gasteiger partial charge in [0.05, 0.1) is 24.7 Å². The standard InChI is InChI=1S/C23H30N3O7P.C5H12/c1-5-18-13-20(32-23(18)26(4)12-11-21(28)24-16-27)15-30-34(25-14-22(29)31-17(2)3)33-19-9-7-6-8-10-19;1-4-5(2)3/h1,6-12,16-18,20,23,25H,13-15H2,2-4H3,(H,24,27,28);5H,4H2,1-3H3/b12-11-;. The lowest BCUT2D eigenvalue weighted by Gasteiger charge is -2.25. The van der Waals surface area contributed by atoms with Gasteiger partial charge in [0.15, 0.2) is 0 Å². The van der Waals surface area contributed by atoms with Gasteiger partial charge in [-0.3, -0.25) is 19.7 Å². The van der Waals surface area contributed by atoms with Crippen LogP contribution in [0.5, 0.6) is 5.75 Å². The van der Waals surface area contributed by atoms with E-state index in [1.165, 1.54) is 18.7 Å². The molecule has 1 aromatic rings. The van der Waals surface area contributed by atoms with Crippen molar-refractivity contribution in [1.82, 2.24) is 15.3 Å². The van der Waals surface area contributed by atoms with Gasteiger partial charge in [-0.25, -0.2) is 5.09 Å². The molecular formula is C28H42N3O7P. The van der Waals surface area contributed by atoms with Crippen molar-refractivity contribution in [2.45, 2.75) is 65.9 Å². The van der Waals surface area contributed by atoms with Crippen LogP contribution in [0.1, 0.15) is 47.5 Å². The molecule has 1 aliphatic rings. The lowest BCUT2D eigenvalue weighted by molar-refractivity contribution is -0.145. The molecule has 1 aromatic carbocycles. The lowest BCUT2D eigenvalue weighted by atomic mass is 10.0. The van der Waals surface area contributed by atoms with Gasteiger partial charge in [-0.15, -0.1) is 6.42 Å². The Kier molecular flexibility index (Phi) is 16.7. The average molecular weight is 564 g/mol. The normalized spacial score (nSPS) is 19.1. The molecule has 2 rings (SSSR count). The number of carbonyl (C=O) groups excluding carboxylic acids is 3. The third-order valence-corrected chi connectivity index (χ3v) is 6.49. The van der Waals surface area contributed by atoms with E-state index < -0.39 is 26.6 Å². The second-order valence-corrected chi connectivity index (χ2v) is 10.7. The van der Waals surface area contributed by atoms with Crippen molar-refractivity contribution in [3.63, 3.8) is 0 Å². The second-order valence-electron chi connectivity index (χ2n) is 9.40. The van der Waals surface area contributed by atoms with Crippen molar-refractivity contribution in [3.8, 4) is 18.1 Å². The van der Waals surface area contributed by atoms with Crippen LogP contribution in [-0.4, -0.2) is 61.8 Å². The summed E-state index contributed by atoms with van der Waals surface area (Å²) in [6, 6.07) is 9.09. The Balaban J connectivity index is 0.00000139. The Labute approximate surface area is 233 Å². The third kappa shape index (κ3) is 14.7. The van der Waals surface area contributed by atoms with E-state index in [9.17, 15) is 14.4 Å². The number of para-hydroxylation sites is 1. The average Bonchev–Trinajstić information content (AvgIpc) is 3.33. The number of hydrogen-bond donors (Lipinski definition) is 2. The maximum absolute atomic E-state index is 11.9. The molecule has 1 fully saturated rings. The molecule has 1 aliphatic heterocycles. The molecule has 0 aromatic heterocycles. The van der Waals surface area contributed by atoms with Crippen LogP contribution in [0.25, 0.3) is 0 Å². The molecule has 1 saturated heterocycles. The molecule has 0 aliphatic carbocycles. The van der Waals surface area contributed by atoms with E-state index in [1.54, 1.807) is 37.9 Å². The number of benzene rings is 1. The van der Waals surface area contributed by atoms with Gasteiger partial charge in [-0.2, -0.15) is 0 Å². The van der Waals surface area contributed by atoms with Crippen LogP contribution in [0.3, 0.4) is 0 Å². The molecule has 4 atom stereocenters. The zero-order valence-corrected chi connectivity index (χ0v) is 24.6. The van der Waals surface area contributed by atoms with Gasteiger partial charge in [0.25, 0.3) is 5.91 Å². The topological polar surface area (TPSA) is 115 Å². The van der Waals surface area contributed by atoms with Crippen molar-refractivity contribution in [2.75, 3.05) is 20.2 Å². The summed E-state index contributed by atoms with van der Waals surface area (Å²) in [5, 5.41) is 4.98. The summed E-state index contributed by atoms with van der Waals surface area (Å²) in [7, 11) is 0.0440. The highest BCUT2D eigenvalue weighted by atomic mass is 31.2. The van der Waals surface area contributed by atoms with Gasteiger partial charge in [0.2, 0.25) is 6.41 Å². The molecule has 39 heavy (non-hydrogen) atoms. The van der Waals surface area contributed by atoms with Crippen LogP contribution in [0.4, 0.5) is 0 Å². The molecule has 4 unspecified atom stereocenters. The largest absolute Gasteiger partial charge is 0.462 e. The molecule has 2 N–H and O–H groups in total. The van der Waals surface area contributed by atoms with Crippen molar-refractivity contribution < 1.29 is 32.9 Å². The number of rotatable bonds is 14. The maximum atomic E-state index is 11.9. The Morgan fingerprint density at radius 1 is 1.26 bits per heavy atom. The Morgan fingerprint density at radius 3 is 2.49 bits per heavy atom. The molecule has 0 saturated carbocycles. The third-order valence-electron chi connectivity index (χ3n) is 5.32. The molecule has 0 bridgehead atoms. The number of imide groups is 1. The molecule has 2 amide bonds. The van der Waals surface area contributed by atoms with Gasteiger partial charge in [0, 0.05) is 19.3 Å². The monoisotopic (exact) mass is 563 g/mol. The molecular weight excluding hydrogens is 521 g/mol. The van der Waals surface area contributed by atoms with Crippen molar-refractivity contribution >= 4 is 26.8 Å². The molecule has 11 heteroatoms. The first kappa shape index (κ1) is 34.1.